The number of benzene rings is 4. The molecule has 0 atom stereocenters. The summed E-state index contributed by atoms with van der Waals surface area (Å²) in [6.07, 6.45) is 10.7. The standard InChI is InChI=1S/C24H28BNO4.C18H15NO2.C3H5N.3CH4/c1-23(2)24(3,4)30-25(29-23)14-9-15-26-22(27)28-16-21-19-12-7-5-10-17(19)18-11-6-8-13-20(18)21;1-2-11-19-18(20)21-12-17-15-9-5-3-7-13(15)14-8-4-6-10-16(14)17;1-2-3-4;;;/h5-14,21H,15-16H2,1-4H3,(H,26,27);1,3-10,17H,11-12H2,(H,19,20);1H,3-4H2;3*1H4/b14-9+;;;;;. The van der Waals surface area contributed by atoms with Gasteiger partial charge in [0, 0.05) is 18.4 Å². The largest absolute Gasteiger partial charge is 0.486 e. The van der Waals surface area contributed by atoms with Crippen LogP contribution in [0.5, 0.6) is 0 Å². The molecule has 2 amide bonds. The van der Waals surface area contributed by atoms with Gasteiger partial charge in [-0.2, -0.15) is 0 Å². The molecule has 9 nitrogen and oxygen atoms in total. The lowest BCUT2D eigenvalue weighted by molar-refractivity contribution is 0.00578. The summed E-state index contributed by atoms with van der Waals surface area (Å²) in [7, 11) is -0.417. The number of nitrogens with one attached hydrogen (secondary N) is 2. The molecule has 4 N–H and O–H groups in total. The van der Waals surface area contributed by atoms with E-state index in [1.807, 2.05) is 88.3 Å². The van der Waals surface area contributed by atoms with Gasteiger partial charge in [-0.25, -0.2) is 9.59 Å². The van der Waals surface area contributed by atoms with E-state index in [2.05, 4.69) is 77.4 Å². The van der Waals surface area contributed by atoms with E-state index in [1.54, 1.807) is 0 Å². The van der Waals surface area contributed by atoms with Gasteiger partial charge in [0.25, 0.3) is 0 Å². The van der Waals surface area contributed by atoms with Gasteiger partial charge in [0.15, 0.2) is 0 Å². The Morgan fingerprint density at radius 3 is 1.36 bits per heavy atom. The van der Waals surface area contributed by atoms with Crippen molar-refractivity contribution in [3.63, 3.8) is 0 Å². The topological polar surface area (TPSA) is 121 Å². The van der Waals surface area contributed by atoms with Gasteiger partial charge in [0.2, 0.25) is 0 Å². The lowest BCUT2D eigenvalue weighted by Crippen LogP contribution is -2.41. The quantitative estimate of drug-likeness (QED) is 0.120. The lowest BCUT2D eigenvalue weighted by Gasteiger charge is -2.32. The Balaban J connectivity index is 0.000000365. The first-order chi connectivity index (χ1) is 26.5. The summed E-state index contributed by atoms with van der Waals surface area (Å²) >= 11 is 0. The van der Waals surface area contributed by atoms with Gasteiger partial charge in [0.05, 0.1) is 24.3 Å². The minimum absolute atomic E-state index is 0. The Morgan fingerprint density at radius 2 is 1.02 bits per heavy atom. The Labute approximate surface area is 347 Å². The third-order valence-electron chi connectivity index (χ3n) is 10.1. The smallest absolute Gasteiger partial charge is 0.449 e. The minimum Gasteiger partial charge on any atom is -0.449 e. The van der Waals surface area contributed by atoms with Crippen molar-refractivity contribution in [1.82, 2.24) is 10.6 Å². The number of ether oxygens (including phenoxy) is 2. The Morgan fingerprint density at radius 1 is 0.672 bits per heavy atom. The van der Waals surface area contributed by atoms with Crippen molar-refractivity contribution in [1.29, 1.82) is 0 Å². The molecule has 10 heteroatoms. The first-order valence-electron chi connectivity index (χ1n) is 18.3. The minimum atomic E-state index is -0.477. The SMILES string of the molecule is C.C.C.C#CCN.C#CCNC(=O)OCC1c2ccccc2-c2ccccc21.CC1(C)OB(/C=C/CNC(=O)OCC2c3ccccc3-c3ccccc32)OC1(C)C. The molecule has 0 saturated carbocycles. The number of alkyl carbamates (subject to hydrolysis) is 2. The van der Waals surface area contributed by atoms with Crippen LogP contribution in [-0.2, 0) is 18.8 Å². The molecule has 3 aliphatic rings. The van der Waals surface area contributed by atoms with Crippen molar-refractivity contribution in [2.24, 2.45) is 5.73 Å². The number of carbonyl (C=O) groups excluding carboxylic acids is 2. The second-order valence-electron chi connectivity index (χ2n) is 14.1. The number of nitrogens with two attached hydrogens (primary N) is 1. The highest BCUT2D eigenvalue weighted by molar-refractivity contribution is 6.51. The molecule has 1 aliphatic heterocycles. The van der Waals surface area contributed by atoms with Gasteiger partial charge in [0.1, 0.15) is 13.2 Å². The van der Waals surface area contributed by atoms with Crippen molar-refractivity contribution < 1.29 is 28.4 Å². The van der Waals surface area contributed by atoms with Crippen molar-refractivity contribution in [2.45, 2.75) is 73.0 Å². The van der Waals surface area contributed by atoms with Crippen LogP contribution in [0.4, 0.5) is 9.59 Å². The average molecular weight is 786 g/mol. The predicted octanol–water partition coefficient (Wildman–Crippen LogP) is 9.36. The van der Waals surface area contributed by atoms with Crippen LogP contribution in [-0.4, -0.2) is 63.4 Å². The van der Waals surface area contributed by atoms with Gasteiger partial charge in [-0.15, -0.1) is 12.8 Å². The second kappa shape index (κ2) is 22.2. The number of amides is 2. The van der Waals surface area contributed by atoms with Crippen LogP contribution in [0.25, 0.3) is 22.3 Å². The molecule has 1 saturated heterocycles. The third kappa shape index (κ3) is 11.4. The molecule has 0 aromatic heterocycles. The van der Waals surface area contributed by atoms with E-state index >= 15 is 0 Å². The van der Waals surface area contributed by atoms with Crippen LogP contribution in [0.2, 0.25) is 0 Å². The number of hydrogen-bond donors (Lipinski definition) is 3. The van der Waals surface area contributed by atoms with Crippen LogP contribution in [0.3, 0.4) is 0 Å². The molecule has 2 aliphatic carbocycles. The average Bonchev–Trinajstić information content (AvgIpc) is 3.76. The van der Waals surface area contributed by atoms with Crippen LogP contribution in [0.15, 0.2) is 109 Å². The van der Waals surface area contributed by atoms with E-state index < -0.39 is 19.3 Å². The molecule has 0 radical (unpaired) electrons. The summed E-state index contributed by atoms with van der Waals surface area (Å²) in [4.78, 5) is 23.8. The van der Waals surface area contributed by atoms with Crippen molar-refractivity contribution in [3.8, 4) is 46.9 Å². The summed E-state index contributed by atoms with van der Waals surface area (Å²) in [5.41, 5.74) is 13.7. The Kier molecular flexibility index (Phi) is 18.5. The number of rotatable bonds is 8. The van der Waals surface area contributed by atoms with E-state index in [9.17, 15) is 9.59 Å². The number of hydrogen-bond acceptors (Lipinski definition) is 7. The molecule has 58 heavy (non-hydrogen) atoms. The van der Waals surface area contributed by atoms with E-state index in [0.717, 1.165) is 0 Å². The summed E-state index contributed by atoms with van der Waals surface area (Å²) in [6, 6.07) is 33.0. The van der Waals surface area contributed by atoms with Crippen molar-refractivity contribution in [3.05, 3.63) is 131 Å². The fraction of sp³-hybridized carbons (Fsp3) is 0.333. The fourth-order valence-electron chi connectivity index (χ4n) is 6.71. The zero-order valence-electron chi connectivity index (χ0n) is 31.8. The van der Waals surface area contributed by atoms with Crippen molar-refractivity contribution >= 4 is 19.3 Å². The van der Waals surface area contributed by atoms with E-state index in [0.29, 0.717) is 26.3 Å². The number of carbonyl (C=O) groups is 2. The van der Waals surface area contributed by atoms with Gasteiger partial charge >= 0.3 is 19.3 Å². The molecule has 306 valence electrons. The van der Waals surface area contributed by atoms with Crippen molar-refractivity contribution in [2.75, 3.05) is 32.8 Å². The van der Waals surface area contributed by atoms with Gasteiger partial charge in [-0.3, -0.25) is 0 Å². The zero-order chi connectivity index (χ0) is 39.4. The van der Waals surface area contributed by atoms with E-state index in [1.165, 1.54) is 44.5 Å². The van der Waals surface area contributed by atoms with Crippen LogP contribution in [0.1, 0.15) is 84.1 Å². The molecule has 0 unspecified atom stereocenters. The maximum Gasteiger partial charge on any atom is 0.486 e. The molecular formula is C48H60BN3O6. The molecular weight excluding hydrogens is 725 g/mol. The molecule has 1 heterocycles. The van der Waals surface area contributed by atoms with Gasteiger partial charge < -0.3 is 35.1 Å². The molecule has 7 rings (SSSR count). The van der Waals surface area contributed by atoms with Gasteiger partial charge in [-0.05, 0) is 72.2 Å². The highest BCUT2D eigenvalue weighted by atomic mass is 16.7. The molecule has 1 fully saturated rings. The first kappa shape index (κ1) is 48.4. The number of terminal acetylenes is 2. The zero-order valence-corrected chi connectivity index (χ0v) is 31.8. The Hall–Kier alpha value is -5.78. The summed E-state index contributed by atoms with van der Waals surface area (Å²) in [6.45, 7) is 9.53. The fourth-order valence-corrected chi connectivity index (χ4v) is 6.71. The monoisotopic (exact) mass is 785 g/mol. The van der Waals surface area contributed by atoms with E-state index in [-0.39, 0.29) is 51.9 Å². The third-order valence-corrected chi connectivity index (χ3v) is 10.1. The molecule has 0 bridgehead atoms. The number of fused-ring (bicyclic) bond motifs is 6. The van der Waals surface area contributed by atoms with E-state index in [4.69, 9.17) is 30.9 Å². The molecule has 4 aromatic rings. The lowest BCUT2D eigenvalue weighted by atomic mass is 9.90. The highest BCUT2D eigenvalue weighted by Gasteiger charge is 2.50. The van der Waals surface area contributed by atoms with Gasteiger partial charge in [-0.1, -0.05) is 143 Å². The molecule has 4 aromatic carbocycles. The first-order valence-corrected chi connectivity index (χ1v) is 18.3. The van der Waals surface area contributed by atoms with Crippen LogP contribution in [0, 0.1) is 24.7 Å². The summed E-state index contributed by atoms with van der Waals surface area (Å²) in [5.74, 6) is 6.51. The summed E-state index contributed by atoms with van der Waals surface area (Å²) in [5, 5.41) is 5.27. The maximum absolute atomic E-state index is 12.2. The van der Waals surface area contributed by atoms with Crippen LogP contribution < -0.4 is 16.4 Å². The normalized spacial score (nSPS) is 14.6. The molecule has 0 spiro atoms. The van der Waals surface area contributed by atoms with Crippen LogP contribution >= 0.6 is 0 Å². The summed E-state index contributed by atoms with van der Waals surface area (Å²) < 4.78 is 22.6. The maximum atomic E-state index is 12.2. The Bertz CT molecular complexity index is 1970. The highest BCUT2D eigenvalue weighted by Crippen LogP contribution is 2.45. The second-order valence-corrected chi connectivity index (χ2v) is 14.1. The predicted molar refractivity (Wildman–Crippen MR) is 238 cm³/mol.